The van der Waals surface area contributed by atoms with Gasteiger partial charge < -0.3 is 18.3 Å². The van der Waals surface area contributed by atoms with E-state index in [-0.39, 0.29) is 0 Å². The van der Waals surface area contributed by atoms with Crippen LogP contribution in [-0.4, -0.2) is 4.57 Å². The number of nitrogens with zero attached hydrogens (tertiary/aromatic N) is 2. The van der Waals surface area contributed by atoms with E-state index in [1.165, 1.54) is 5.39 Å². The van der Waals surface area contributed by atoms with Gasteiger partial charge in [-0.2, -0.15) is 0 Å². The highest BCUT2D eigenvalue weighted by atomic mass is 16.3. The molecule has 3 aromatic heterocycles. The molecule has 0 N–H and O–H groups in total. The lowest BCUT2D eigenvalue weighted by molar-refractivity contribution is 0.669. The average Bonchev–Trinajstić information content (AvgIpc) is 3.89. The lowest BCUT2D eigenvalue weighted by Gasteiger charge is -2.28. The Labute approximate surface area is 299 Å². The molecule has 0 aliphatic rings. The van der Waals surface area contributed by atoms with Gasteiger partial charge in [-0.3, -0.25) is 0 Å². The van der Waals surface area contributed by atoms with E-state index in [9.17, 15) is 0 Å². The van der Waals surface area contributed by atoms with Crippen molar-refractivity contribution in [2.24, 2.45) is 0 Å². The molecule has 4 heteroatoms. The number of anilines is 3. The Morgan fingerprint density at radius 2 is 0.865 bits per heavy atom. The molecule has 0 aliphatic carbocycles. The smallest absolute Gasteiger partial charge is 0.159 e. The third kappa shape index (κ3) is 4.15. The van der Waals surface area contributed by atoms with Crippen molar-refractivity contribution >= 4 is 82.7 Å². The molecule has 11 rings (SSSR count). The van der Waals surface area contributed by atoms with Crippen molar-refractivity contribution in [3.63, 3.8) is 0 Å². The predicted octanol–water partition coefficient (Wildman–Crippen LogP) is 13.7. The summed E-state index contributed by atoms with van der Waals surface area (Å²) in [6, 6.07) is 64.1. The van der Waals surface area contributed by atoms with Crippen LogP contribution in [0.2, 0.25) is 0 Å². The van der Waals surface area contributed by atoms with Crippen LogP contribution in [0.4, 0.5) is 17.1 Å². The second kappa shape index (κ2) is 11.2. The Morgan fingerprint density at radius 3 is 1.67 bits per heavy atom. The van der Waals surface area contributed by atoms with Crippen LogP contribution < -0.4 is 4.90 Å². The zero-order valence-corrected chi connectivity index (χ0v) is 28.0. The molecule has 0 aliphatic heterocycles. The zero-order valence-electron chi connectivity index (χ0n) is 28.0. The quantitative estimate of drug-likeness (QED) is 0.183. The summed E-state index contributed by atoms with van der Waals surface area (Å²) in [6.07, 6.45) is 0. The molecule has 0 spiro atoms. The molecular formula is C48H30N2O2. The van der Waals surface area contributed by atoms with Crippen molar-refractivity contribution in [2.45, 2.75) is 0 Å². The maximum Gasteiger partial charge on any atom is 0.159 e. The van der Waals surface area contributed by atoms with E-state index in [0.29, 0.717) is 0 Å². The first-order valence-electron chi connectivity index (χ1n) is 17.6. The van der Waals surface area contributed by atoms with Crippen LogP contribution in [0.25, 0.3) is 82.5 Å². The monoisotopic (exact) mass is 666 g/mol. The molecule has 0 atom stereocenters. The van der Waals surface area contributed by atoms with E-state index in [1.54, 1.807) is 0 Å². The fourth-order valence-corrected chi connectivity index (χ4v) is 8.20. The highest BCUT2D eigenvalue weighted by Gasteiger charge is 2.26. The molecule has 4 nitrogen and oxygen atoms in total. The van der Waals surface area contributed by atoms with E-state index in [0.717, 1.165) is 94.2 Å². The van der Waals surface area contributed by atoms with Crippen molar-refractivity contribution in [3.05, 3.63) is 182 Å². The van der Waals surface area contributed by atoms with Crippen molar-refractivity contribution < 1.29 is 8.83 Å². The Bertz CT molecular complexity index is 3150. The third-order valence-corrected chi connectivity index (χ3v) is 10.4. The molecule has 0 radical (unpaired) electrons. The third-order valence-electron chi connectivity index (χ3n) is 10.4. The molecule has 0 unspecified atom stereocenters. The second-order valence-corrected chi connectivity index (χ2v) is 13.2. The van der Waals surface area contributed by atoms with Gasteiger partial charge in [0.15, 0.2) is 5.58 Å². The van der Waals surface area contributed by atoms with Gasteiger partial charge in [0.2, 0.25) is 0 Å². The number of benzene rings is 8. The van der Waals surface area contributed by atoms with Gasteiger partial charge in [-0.25, -0.2) is 0 Å². The minimum absolute atomic E-state index is 0.837. The van der Waals surface area contributed by atoms with E-state index in [4.69, 9.17) is 8.83 Å². The van der Waals surface area contributed by atoms with E-state index < -0.39 is 0 Å². The molecule has 52 heavy (non-hydrogen) atoms. The molecule has 0 bridgehead atoms. The number of rotatable bonds is 5. The summed E-state index contributed by atoms with van der Waals surface area (Å²) in [5.41, 5.74) is 12.0. The maximum absolute atomic E-state index is 6.77. The fourth-order valence-electron chi connectivity index (χ4n) is 8.20. The number of hydrogen-bond donors (Lipinski definition) is 0. The van der Waals surface area contributed by atoms with Crippen LogP contribution in [0, 0.1) is 0 Å². The summed E-state index contributed by atoms with van der Waals surface area (Å²) in [6.45, 7) is 0. The number of aromatic nitrogens is 1. The van der Waals surface area contributed by atoms with Crippen molar-refractivity contribution in [2.75, 3.05) is 4.90 Å². The van der Waals surface area contributed by atoms with Gasteiger partial charge in [0.1, 0.15) is 16.7 Å². The summed E-state index contributed by atoms with van der Waals surface area (Å²) < 4.78 is 15.8. The largest absolute Gasteiger partial charge is 0.455 e. The standard InChI is InChI=1S/C48H30N2O2/c1-2-15-31(16-3-1)49-40-25-9-5-20-38(40)46-41(49)26-14-27-42(46)50(43-28-13-23-37-34-19-7-11-30-45(34)52-48(37)43)39-24-8-4-17-32(39)35-21-12-22-36-33-18-6-10-29-44(33)51-47(35)36/h1-30H. The lowest BCUT2D eigenvalue weighted by Crippen LogP contribution is -2.12. The molecule has 8 aromatic carbocycles. The van der Waals surface area contributed by atoms with E-state index in [2.05, 4.69) is 167 Å². The fraction of sp³-hybridized carbons (Fsp3) is 0. The van der Waals surface area contributed by atoms with Gasteiger partial charge in [-0.15, -0.1) is 0 Å². The van der Waals surface area contributed by atoms with Crippen LogP contribution in [0.5, 0.6) is 0 Å². The number of hydrogen-bond acceptors (Lipinski definition) is 3. The van der Waals surface area contributed by atoms with Gasteiger partial charge in [-0.1, -0.05) is 127 Å². The number of fused-ring (bicyclic) bond motifs is 9. The average molecular weight is 667 g/mol. The molecule has 244 valence electrons. The molecule has 0 amide bonds. The van der Waals surface area contributed by atoms with Crippen molar-refractivity contribution in [1.82, 2.24) is 4.57 Å². The minimum atomic E-state index is 0.837. The van der Waals surface area contributed by atoms with Crippen molar-refractivity contribution in [1.29, 1.82) is 0 Å². The van der Waals surface area contributed by atoms with E-state index >= 15 is 0 Å². The minimum Gasteiger partial charge on any atom is -0.455 e. The molecule has 0 fully saturated rings. The van der Waals surface area contributed by atoms with Gasteiger partial charge >= 0.3 is 0 Å². The van der Waals surface area contributed by atoms with E-state index in [1.807, 2.05) is 24.3 Å². The van der Waals surface area contributed by atoms with Crippen LogP contribution in [0.1, 0.15) is 0 Å². The first kappa shape index (κ1) is 28.8. The molecule has 0 saturated carbocycles. The summed E-state index contributed by atoms with van der Waals surface area (Å²) in [4.78, 5) is 2.39. The Hall–Kier alpha value is -7.04. The SMILES string of the molecule is c1ccc(-n2c3ccccc3c3c(N(c4ccccc4-c4cccc5c4oc4ccccc45)c4cccc5c4oc4ccccc45)cccc32)cc1. The lowest BCUT2D eigenvalue weighted by atomic mass is 9.98. The molecule has 0 saturated heterocycles. The second-order valence-electron chi connectivity index (χ2n) is 13.2. The highest BCUT2D eigenvalue weighted by molar-refractivity contribution is 6.19. The number of para-hydroxylation sites is 7. The number of furan rings is 2. The zero-order chi connectivity index (χ0) is 34.2. The van der Waals surface area contributed by atoms with Crippen LogP contribution >= 0.6 is 0 Å². The summed E-state index contributed by atoms with van der Waals surface area (Å²) in [5.74, 6) is 0. The summed E-state index contributed by atoms with van der Waals surface area (Å²) in [5, 5.41) is 6.72. The topological polar surface area (TPSA) is 34.5 Å². The Balaban J connectivity index is 1.27. The Morgan fingerprint density at radius 1 is 0.346 bits per heavy atom. The molecular weight excluding hydrogens is 637 g/mol. The van der Waals surface area contributed by atoms with Gasteiger partial charge in [0, 0.05) is 49.1 Å². The molecule has 3 heterocycles. The van der Waals surface area contributed by atoms with Crippen LogP contribution in [0.3, 0.4) is 0 Å². The maximum atomic E-state index is 6.77. The van der Waals surface area contributed by atoms with Gasteiger partial charge in [0.05, 0.1) is 28.1 Å². The first-order chi connectivity index (χ1) is 25.8. The van der Waals surface area contributed by atoms with Crippen LogP contribution in [-0.2, 0) is 0 Å². The van der Waals surface area contributed by atoms with Gasteiger partial charge in [0.25, 0.3) is 0 Å². The Kier molecular flexibility index (Phi) is 6.22. The normalized spacial score (nSPS) is 11.8. The summed E-state index contributed by atoms with van der Waals surface area (Å²) in [7, 11) is 0. The van der Waals surface area contributed by atoms with Gasteiger partial charge in [-0.05, 0) is 54.6 Å². The molecule has 11 aromatic rings. The first-order valence-corrected chi connectivity index (χ1v) is 17.6. The highest BCUT2D eigenvalue weighted by Crippen LogP contribution is 2.50. The van der Waals surface area contributed by atoms with Crippen molar-refractivity contribution in [3.8, 4) is 16.8 Å². The predicted molar refractivity (Wildman–Crippen MR) is 215 cm³/mol. The summed E-state index contributed by atoms with van der Waals surface area (Å²) >= 11 is 0. The van der Waals surface area contributed by atoms with Crippen LogP contribution in [0.15, 0.2) is 191 Å².